The second kappa shape index (κ2) is 6.98. The van der Waals surface area contributed by atoms with Crippen LogP contribution in [0.15, 0.2) is 61.2 Å². The highest BCUT2D eigenvalue weighted by atomic mass is 16.7. The van der Waals surface area contributed by atoms with Gasteiger partial charge in [-0.15, -0.1) is 6.58 Å². The molecule has 6 heteroatoms. The Morgan fingerprint density at radius 2 is 2.00 bits per heavy atom. The number of ether oxygens (including phenoxy) is 2. The second-order valence-corrected chi connectivity index (χ2v) is 6.67. The zero-order valence-electron chi connectivity index (χ0n) is 15.1. The average molecular weight is 377 g/mol. The molecule has 28 heavy (non-hydrogen) atoms. The summed E-state index contributed by atoms with van der Waals surface area (Å²) < 4.78 is 10.6. The first-order chi connectivity index (χ1) is 13.5. The molecule has 0 aromatic heterocycles. The summed E-state index contributed by atoms with van der Waals surface area (Å²) in [6.07, 6.45) is 4.24. The number of hydrogen-bond acceptors (Lipinski definition) is 5. The zero-order valence-corrected chi connectivity index (χ0v) is 15.1. The molecule has 0 saturated carbocycles. The van der Waals surface area contributed by atoms with Gasteiger partial charge in [-0.05, 0) is 29.8 Å². The summed E-state index contributed by atoms with van der Waals surface area (Å²) in [5, 5.41) is 11.1. The summed E-state index contributed by atoms with van der Waals surface area (Å²) in [7, 11) is 0. The molecule has 1 amide bonds. The maximum atomic E-state index is 12.8. The molecule has 4 rings (SSSR count). The van der Waals surface area contributed by atoms with E-state index < -0.39 is 11.5 Å². The normalized spacial score (nSPS) is 19.9. The molecule has 1 N–H and O–H groups in total. The Labute approximate surface area is 162 Å². The van der Waals surface area contributed by atoms with E-state index in [0.29, 0.717) is 22.7 Å². The third-order valence-electron chi connectivity index (χ3n) is 4.84. The number of fused-ring (bicyclic) bond motifs is 2. The van der Waals surface area contributed by atoms with Crippen LogP contribution in [0.25, 0.3) is 6.08 Å². The lowest BCUT2D eigenvalue weighted by Gasteiger charge is -2.21. The van der Waals surface area contributed by atoms with E-state index in [1.807, 2.05) is 0 Å². The molecule has 0 unspecified atom stereocenters. The van der Waals surface area contributed by atoms with Crippen molar-refractivity contribution in [2.24, 2.45) is 0 Å². The van der Waals surface area contributed by atoms with Gasteiger partial charge in [0.2, 0.25) is 6.79 Å². The zero-order chi connectivity index (χ0) is 19.7. The lowest BCUT2D eigenvalue weighted by molar-refractivity contribution is -0.140. The highest BCUT2D eigenvalue weighted by Gasteiger charge is 2.50. The van der Waals surface area contributed by atoms with Gasteiger partial charge in [0.1, 0.15) is 0 Å². The van der Waals surface area contributed by atoms with Gasteiger partial charge in [-0.3, -0.25) is 9.59 Å². The maximum Gasteiger partial charge on any atom is 0.264 e. The van der Waals surface area contributed by atoms with Crippen LogP contribution in [-0.2, 0) is 15.2 Å². The fourth-order valence-electron chi connectivity index (χ4n) is 3.50. The van der Waals surface area contributed by atoms with Crippen LogP contribution in [0.2, 0.25) is 0 Å². The molecule has 0 fully saturated rings. The quantitative estimate of drug-likeness (QED) is 0.619. The standard InChI is InChI=1S/C22H19NO5/c1-2-11-23-18-6-4-3-5-17(18)22(26,21(23)25)13-16(24)9-7-15-8-10-19-20(12-15)28-14-27-19/h2-10,12,26H,1,11,13-14H2/b9-7-/t22-/m1/s1. The van der Waals surface area contributed by atoms with Crippen LogP contribution in [0.1, 0.15) is 17.5 Å². The summed E-state index contributed by atoms with van der Waals surface area (Å²) in [6.45, 7) is 4.10. The number of carbonyl (C=O) groups excluding carboxylic acids is 2. The van der Waals surface area contributed by atoms with Gasteiger partial charge in [0.05, 0.1) is 12.1 Å². The number of para-hydroxylation sites is 1. The molecule has 2 aliphatic heterocycles. The minimum atomic E-state index is -1.88. The lowest BCUT2D eigenvalue weighted by atomic mass is 9.89. The molecule has 2 aliphatic rings. The number of nitrogens with zero attached hydrogens (tertiary/aromatic N) is 1. The van der Waals surface area contributed by atoms with E-state index in [9.17, 15) is 14.7 Å². The largest absolute Gasteiger partial charge is 0.454 e. The van der Waals surface area contributed by atoms with Crippen LogP contribution in [0.5, 0.6) is 11.5 Å². The van der Waals surface area contributed by atoms with Crippen LogP contribution in [0.3, 0.4) is 0 Å². The highest BCUT2D eigenvalue weighted by molar-refractivity contribution is 6.10. The minimum Gasteiger partial charge on any atom is -0.454 e. The Hall–Kier alpha value is -3.38. The van der Waals surface area contributed by atoms with Gasteiger partial charge in [0.25, 0.3) is 5.91 Å². The monoisotopic (exact) mass is 377 g/mol. The van der Waals surface area contributed by atoms with Gasteiger partial charge < -0.3 is 19.5 Å². The van der Waals surface area contributed by atoms with Gasteiger partial charge in [-0.1, -0.05) is 36.4 Å². The number of ketones is 1. The fourth-order valence-corrected chi connectivity index (χ4v) is 3.50. The van der Waals surface area contributed by atoms with E-state index in [2.05, 4.69) is 6.58 Å². The Bertz CT molecular complexity index is 996. The summed E-state index contributed by atoms with van der Waals surface area (Å²) in [4.78, 5) is 26.8. The summed E-state index contributed by atoms with van der Waals surface area (Å²) in [5.74, 6) is 0.406. The van der Waals surface area contributed by atoms with E-state index in [0.717, 1.165) is 5.56 Å². The predicted molar refractivity (Wildman–Crippen MR) is 104 cm³/mol. The number of aliphatic hydroxyl groups is 1. The third kappa shape index (κ3) is 2.97. The Kier molecular flexibility index (Phi) is 4.49. The third-order valence-corrected chi connectivity index (χ3v) is 4.84. The van der Waals surface area contributed by atoms with Gasteiger partial charge in [0, 0.05) is 12.1 Å². The van der Waals surface area contributed by atoms with E-state index in [1.54, 1.807) is 54.6 Å². The number of benzene rings is 2. The summed E-state index contributed by atoms with van der Waals surface area (Å²) in [5.41, 5.74) is -0.0826. The van der Waals surface area contributed by atoms with Crippen molar-refractivity contribution in [3.63, 3.8) is 0 Å². The van der Waals surface area contributed by atoms with E-state index in [-0.39, 0.29) is 25.5 Å². The van der Waals surface area contributed by atoms with Crippen LogP contribution >= 0.6 is 0 Å². The molecule has 1 atom stereocenters. The van der Waals surface area contributed by atoms with Crippen LogP contribution < -0.4 is 14.4 Å². The predicted octanol–water partition coefficient (Wildman–Crippen LogP) is 2.81. The van der Waals surface area contributed by atoms with Gasteiger partial charge in [0.15, 0.2) is 22.9 Å². The number of anilines is 1. The molecule has 0 bridgehead atoms. The topological polar surface area (TPSA) is 76.1 Å². The van der Waals surface area contributed by atoms with Crippen molar-refractivity contribution in [3.05, 3.63) is 72.3 Å². The van der Waals surface area contributed by atoms with Crippen LogP contribution in [0, 0.1) is 0 Å². The van der Waals surface area contributed by atoms with Gasteiger partial charge in [-0.2, -0.15) is 0 Å². The van der Waals surface area contributed by atoms with Crippen LogP contribution in [-0.4, -0.2) is 30.1 Å². The number of amides is 1. The smallest absolute Gasteiger partial charge is 0.264 e. The Morgan fingerprint density at radius 1 is 1.21 bits per heavy atom. The first-order valence-electron chi connectivity index (χ1n) is 8.88. The second-order valence-electron chi connectivity index (χ2n) is 6.67. The van der Waals surface area contributed by atoms with Crippen molar-refractivity contribution in [2.45, 2.75) is 12.0 Å². The number of carbonyl (C=O) groups is 2. The molecule has 142 valence electrons. The average Bonchev–Trinajstić information content (AvgIpc) is 3.24. The van der Waals surface area contributed by atoms with E-state index in [1.165, 1.54) is 11.0 Å². The first kappa shape index (κ1) is 18.0. The SMILES string of the molecule is C=CCN1C(=O)[C@@](O)(CC(=O)/C=C\c2ccc3c(c2)OCO3)c2ccccc21. The molecule has 2 heterocycles. The number of allylic oxidation sites excluding steroid dienone is 1. The molecular formula is C22H19NO5. The molecule has 0 spiro atoms. The van der Waals surface area contributed by atoms with Crippen molar-refractivity contribution in [2.75, 3.05) is 18.2 Å². The number of rotatable bonds is 6. The Balaban J connectivity index is 1.55. The van der Waals surface area contributed by atoms with Crippen molar-refractivity contribution in [1.29, 1.82) is 0 Å². The van der Waals surface area contributed by atoms with Crippen molar-refractivity contribution < 1.29 is 24.2 Å². The van der Waals surface area contributed by atoms with E-state index >= 15 is 0 Å². The van der Waals surface area contributed by atoms with Gasteiger partial charge in [-0.25, -0.2) is 0 Å². The highest BCUT2D eigenvalue weighted by Crippen LogP contribution is 2.42. The summed E-state index contributed by atoms with van der Waals surface area (Å²) >= 11 is 0. The summed E-state index contributed by atoms with van der Waals surface area (Å²) in [6, 6.07) is 12.3. The molecule has 0 saturated heterocycles. The van der Waals surface area contributed by atoms with Gasteiger partial charge >= 0.3 is 0 Å². The Morgan fingerprint density at radius 3 is 2.82 bits per heavy atom. The van der Waals surface area contributed by atoms with Crippen molar-refractivity contribution in [3.8, 4) is 11.5 Å². The number of hydrogen-bond donors (Lipinski definition) is 1. The molecule has 0 radical (unpaired) electrons. The molecule has 2 aromatic carbocycles. The molecule has 6 nitrogen and oxygen atoms in total. The maximum absolute atomic E-state index is 12.8. The van der Waals surface area contributed by atoms with Crippen molar-refractivity contribution in [1.82, 2.24) is 0 Å². The van der Waals surface area contributed by atoms with E-state index in [4.69, 9.17) is 9.47 Å². The minimum absolute atomic E-state index is 0.178. The molecule has 2 aromatic rings. The lowest BCUT2D eigenvalue weighted by Crippen LogP contribution is -2.41. The van der Waals surface area contributed by atoms with Crippen molar-refractivity contribution >= 4 is 23.5 Å². The van der Waals surface area contributed by atoms with Crippen LogP contribution in [0.4, 0.5) is 5.69 Å². The molecular weight excluding hydrogens is 358 g/mol. The first-order valence-corrected chi connectivity index (χ1v) is 8.88. The molecule has 0 aliphatic carbocycles. The fraction of sp³-hybridized carbons (Fsp3) is 0.182.